The minimum Gasteiger partial charge on any atom is -0.469 e. The van der Waals surface area contributed by atoms with Gasteiger partial charge < -0.3 is 4.74 Å². The summed E-state index contributed by atoms with van der Waals surface area (Å²) in [6.07, 6.45) is 4.86. The van der Waals surface area contributed by atoms with Crippen LogP contribution < -0.4 is 0 Å². The molecule has 1 aliphatic heterocycles. The molecule has 0 spiro atoms. The molecule has 1 saturated heterocycles. The Hall–Kier alpha value is -0.570. The van der Waals surface area contributed by atoms with Crippen LogP contribution in [0.3, 0.4) is 0 Å². The number of hydrogen-bond acceptors (Lipinski definition) is 3. The van der Waals surface area contributed by atoms with E-state index in [1.54, 1.807) is 0 Å². The standard InChI is InChI=1S/C15H27NO2/c1-13(2,16-9-7-6-8-10-16)15(4)11-14(15,3)12(17)18-5/h6-11H2,1-5H3. The van der Waals surface area contributed by atoms with Crippen LogP contribution in [0.5, 0.6) is 0 Å². The van der Waals surface area contributed by atoms with Gasteiger partial charge in [0.15, 0.2) is 0 Å². The lowest BCUT2D eigenvalue weighted by Crippen LogP contribution is -2.54. The molecule has 0 N–H and O–H groups in total. The van der Waals surface area contributed by atoms with Crippen LogP contribution in [-0.4, -0.2) is 36.6 Å². The highest BCUT2D eigenvalue weighted by Gasteiger charge is 2.73. The van der Waals surface area contributed by atoms with Crippen molar-refractivity contribution in [2.45, 2.75) is 58.9 Å². The third-order valence-electron chi connectivity index (χ3n) is 5.93. The maximum atomic E-state index is 12.0. The number of piperidine rings is 1. The van der Waals surface area contributed by atoms with Crippen molar-refractivity contribution in [1.29, 1.82) is 0 Å². The van der Waals surface area contributed by atoms with Crippen LogP contribution in [0.2, 0.25) is 0 Å². The van der Waals surface area contributed by atoms with Crippen LogP contribution in [0.25, 0.3) is 0 Å². The molecule has 3 heteroatoms. The van der Waals surface area contributed by atoms with Crippen molar-refractivity contribution < 1.29 is 9.53 Å². The Balaban J connectivity index is 2.18. The van der Waals surface area contributed by atoms with Gasteiger partial charge in [-0.25, -0.2) is 0 Å². The van der Waals surface area contributed by atoms with Crippen molar-refractivity contribution in [3.05, 3.63) is 0 Å². The first kappa shape index (κ1) is 13.9. The molecule has 0 amide bonds. The average Bonchev–Trinajstić information content (AvgIpc) is 2.96. The Morgan fingerprint density at radius 3 is 2.22 bits per heavy atom. The molecule has 0 aromatic heterocycles. The zero-order valence-electron chi connectivity index (χ0n) is 12.5. The predicted molar refractivity (Wildman–Crippen MR) is 72.4 cm³/mol. The highest BCUT2D eigenvalue weighted by molar-refractivity contribution is 5.81. The van der Waals surface area contributed by atoms with E-state index in [1.807, 2.05) is 0 Å². The second kappa shape index (κ2) is 4.22. The van der Waals surface area contributed by atoms with Crippen LogP contribution in [0.1, 0.15) is 53.4 Å². The van der Waals surface area contributed by atoms with Gasteiger partial charge in [-0.1, -0.05) is 13.3 Å². The van der Waals surface area contributed by atoms with Gasteiger partial charge in [-0.3, -0.25) is 9.69 Å². The van der Waals surface area contributed by atoms with Gasteiger partial charge in [-0.15, -0.1) is 0 Å². The van der Waals surface area contributed by atoms with Crippen LogP contribution in [0.15, 0.2) is 0 Å². The molecule has 0 bridgehead atoms. The van der Waals surface area contributed by atoms with Gasteiger partial charge in [0.05, 0.1) is 12.5 Å². The van der Waals surface area contributed by atoms with E-state index in [-0.39, 0.29) is 22.3 Å². The van der Waals surface area contributed by atoms with Crippen molar-refractivity contribution in [3.8, 4) is 0 Å². The van der Waals surface area contributed by atoms with Gasteiger partial charge in [0, 0.05) is 11.0 Å². The maximum absolute atomic E-state index is 12.0. The van der Waals surface area contributed by atoms with Gasteiger partial charge in [0.2, 0.25) is 0 Å². The summed E-state index contributed by atoms with van der Waals surface area (Å²) in [5, 5.41) is 0. The summed E-state index contributed by atoms with van der Waals surface area (Å²) in [6, 6.07) is 0. The van der Waals surface area contributed by atoms with E-state index >= 15 is 0 Å². The van der Waals surface area contributed by atoms with Gasteiger partial charge in [-0.2, -0.15) is 0 Å². The molecule has 1 heterocycles. The van der Waals surface area contributed by atoms with Gasteiger partial charge in [0.25, 0.3) is 0 Å². The molecule has 2 unspecified atom stereocenters. The molecular formula is C15H27NO2. The lowest BCUT2D eigenvalue weighted by atomic mass is 9.77. The van der Waals surface area contributed by atoms with Gasteiger partial charge in [-0.05, 0) is 53.1 Å². The van der Waals surface area contributed by atoms with E-state index in [0.717, 1.165) is 6.42 Å². The van der Waals surface area contributed by atoms with E-state index < -0.39 is 0 Å². The summed E-state index contributed by atoms with van der Waals surface area (Å²) in [5.74, 6) is -0.0462. The molecule has 3 nitrogen and oxygen atoms in total. The lowest BCUT2D eigenvalue weighted by molar-refractivity contribution is -0.149. The Kier molecular flexibility index (Phi) is 3.25. The number of nitrogens with zero attached hydrogens (tertiary/aromatic N) is 1. The molecule has 2 aliphatic rings. The number of hydrogen-bond donors (Lipinski definition) is 0. The number of carbonyl (C=O) groups excluding carboxylic acids is 1. The Morgan fingerprint density at radius 2 is 1.72 bits per heavy atom. The van der Waals surface area contributed by atoms with Crippen LogP contribution in [-0.2, 0) is 9.53 Å². The minimum atomic E-state index is -0.303. The van der Waals surface area contributed by atoms with E-state index in [2.05, 4.69) is 32.6 Å². The Morgan fingerprint density at radius 1 is 1.17 bits per heavy atom. The van der Waals surface area contributed by atoms with Crippen molar-refractivity contribution in [1.82, 2.24) is 4.90 Å². The summed E-state index contributed by atoms with van der Waals surface area (Å²) in [5.41, 5.74) is -0.205. The molecule has 104 valence electrons. The van der Waals surface area contributed by atoms with E-state index in [4.69, 9.17) is 4.74 Å². The molecule has 0 aromatic carbocycles. The maximum Gasteiger partial charge on any atom is 0.312 e. The first-order chi connectivity index (χ1) is 8.29. The normalized spacial score (nSPS) is 37.4. The smallest absolute Gasteiger partial charge is 0.312 e. The molecule has 2 rings (SSSR count). The second-order valence-electron chi connectivity index (χ2n) is 6.94. The summed E-state index contributed by atoms with van der Waals surface area (Å²) >= 11 is 0. The fourth-order valence-corrected chi connectivity index (χ4v) is 3.88. The topological polar surface area (TPSA) is 29.5 Å². The molecule has 1 aliphatic carbocycles. The van der Waals surface area contributed by atoms with Crippen LogP contribution in [0, 0.1) is 10.8 Å². The highest BCUT2D eigenvalue weighted by Crippen LogP contribution is 2.70. The number of esters is 1. The number of likely N-dealkylation sites (tertiary alicyclic amines) is 1. The monoisotopic (exact) mass is 253 g/mol. The first-order valence-electron chi connectivity index (χ1n) is 7.13. The molecule has 0 aromatic rings. The van der Waals surface area contributed by atoms with Crippen molar-refractivity contribution in [3.63, 3.8) is 0 Å². The SMILES string of the molecule is COC(=O)C1(C)CC1(C)C(C)(C)N1CCCCC1. The third kappa shape index (κ3) is 1.70. The van der Waals surface area contributed by atoms with Gasteiger partial charge >= 0.3 is 5.97 Å². The van der Waals surface area contributed by atoms with Crippen LogP contribution >= 0.6 is 0 Å². The largest absolute Gasteiger partial charge is 0.469 e. The van der Waals surface area contributed by atoms with E-state index in [1.165, 1.54) is 39.5 Å². The van der Waals surface area contributed by atoms with Crippen LogP contribution in [0.4, 0.5) is 0 Å². The summed E-state index contributed by atoms with van der Waals surface area (Å²) in [7, 11) is 1.50. The first-order valence-corrected chi connectivity index (χ1v) is 7.13. The zero-order valence-corrected chi connectivity index (χ0v) is 12.5. The molecular weight excluding hydrogens is 226 g/mol. The number of ether oxygens (including phenoxy) is 1. The predicted octanol–water partition coefficient (Wildman–Crippen LogP) is 2.84. The van der Waals surface area contributed by atoms with Crippen molar-refractivity contribution in [2.24, 2.45) is 10.8 Å². The summed E-state index contributed by atoms with van der Waals surface area (Å²) < 4.78 is 5.00. The lowest BCUT2D eigenvalue weighted by Gasteiger charge is -2.47. The Labute approximate surface area is 111 Å². The third-order valence-corrected chi connectivity index (χ3v) is 5.93. The molecule has 0 radical (unpaired) electrons. The second-order valence-corrected chi connectivity index (χ2v) is 6.94. The molecule has 2 atom stereocenters. The van der Waals surface area contributed by atoms with Crippen molar-refractivity contribution >= 4 is 5.97 Å². The minimum absolute atomic E-state index is 0.0322. The fraction of sp³-hybridized carbons (Fsp3) is 0.933. The number of methoxy groups -OCH3 is 1. The molecule has 2 fully saturated rings. The molecule has 18 heavy (non-hydrogen) atoms. The van der Waals surface area contributed by atoms with E-state index in [0.29, 0.717) is 0 Å². The zero-order chi connectivity index (χ0) is 13.6. The number of carbonyl (C=O) groups is 1. The number of rotatable bonds is 3. The molecule has 1 saturated carbocycles. The Bertz CT molecular complexity index is 346. The summed E-state index contributed by atoms with van der Waals surface area (Å²) in [4.78, 5) is 14.6. The van der Waals surface area contributed by atoms with E-state index in [9.17, 15) is 4.79 Å². The van der Waals surface area contributed by atoms with Gasteiger partial charge in [0.1, 0.15) is 0 Å². The van der Waals surface area contributed by atoms with Crippen molar-refractivity contribution in [2.75, 3.05) is 20.2 Å². The fourth-order valence-electron chi connectivity index (χ4n) is 3.88. The quantitative estimate of drug-likeness (QED) is 0.724. The summed E-state index contributed by atoms with van der Waals surface area (Å²) in [6.45, 7) is 11.2. The highest BCUT2D eigenvalue weighted by atomic mass is 16.5. The average molecular weight is 253 g/mol.